The average molecular weight is 346 g/mol. The molecular weight excluding hydrogens is 319 g/mol. The Bertz CT molecular complexity index is 613. The van der Waals surface area contributed by atoms with E-state index in [0.29, 0.717) is 13.0 Å². The third-order valence-electron chi connectivity index (χ3n) is 5.44. The molecule has 1 aliphatic carbocycles. The normalized spacial score (nSPS) is 23.5. The second kappa shape index (κ2) is 8.45. The van der Waals surface area contributed by atoms with Crippen molar-refractivity contribution in [2.24, 2.45) is 11.8 Å². The van der Waals surface area contributed by atoms with Crippen LogP contribution in [-0.2, 0) is 16.0 Å². The van der Waals surface area contributed by atoms with Gasteiger partial charge in [0.25, 0.3) is 0 Å². The first-order valence-electron chi connectivity index (χ1n) is 9.46. The van der Waals surface area contributed by atoms with Crippen molar-refractivity contribution in [2.45, 2.75) is 44.9 Å². The number of hydrogen-bond acceptors (Lipinski definition) is 2. The van der Waals surface area contributed by atoms with Gasteiger partial charge in [0.2, 0.25) is 11.8 Å². The molecule has 1 aliphatic heterocycles. The summed E-state index contributed by atoms with van der Waals surface area (Å²) in [7, 11) is 0. The van der Waals surface area contributed by atoms with Gasteiger partial charge in [0.15, 0.2) is 0 Å². The Balaban J connectivity index is 1.54. The number of likely N-dealkylation sites (tertiary alicyclic amines) is 1. The van der Waals surface area contributed by atoms with E-state index < -0.39 is 0 Å². The second-order valence-corrected chi connectivity index (χ2v) is 7.20. The number of benzene rings is 1. The zero-order valence-corrected chi connectivity index (χ0v) is 14.7. The molecule has 0 spiro atoms. The summed E-state index contributed by atoms with van der Waals surface area (Å²) in [5.74, 6) is -0.487. The van der Waals surface area contributed by atoms with Crippen LogP contribution in [-0.4, -0.2) is 36.3 Å². The van der Waals surface area contributed by atoms with E-state index in [9.17, 15) is 14.0 Å². The molecule has 1 saturated heterocycles. The van der Waals surface area contributed by atoms with Crippen molar-refractivity contribution in [3.05, 3.63) is 35.6 Å². The Kier molecular flexibility index (Phi) is 6.05. The van der Waals surface area contributed by atoms with Gasteiger partial charge in [-0.3, -0.25) is 9.59 Å². The summed E-state index contributed by atoms with van der Waals surface area (Å²) in [4.78, 5) is 27.3. The Morgan fingerprint density at radius 3 is 2.52 bits per heavy atom. The first kappa shape index (κ1) is 17.9. The third-order valence-corrected chi connectivity index (χ3v) is 5.44. The maximum Gasteiger partial charge on any atom is 0.226 e. The van der Waals surface area contributed by atoms with Crippen LogP contribution in [0.1, 0.15) is 44.1 Å². The number of amides is 2. The fourth-order valence-corrected chi connectivity index (χ4v) is 4.07. The topological polar surface area (TPSA) is 49.4 Å². The van der Waals surface area contributed by atoms with Gasteiger partial charge in [-0.1, -0.05) is 25.0 Å². The Morgan fingerprint density at radius 1 is 1.08 bits per heavy atom. The van der Waals surface area contributed by atoms with Crippen molar-refractivity contribution in [1.29, 1.82) is 0 Å². The molecule has 2 aliphatic rings. The van der Waals surface area contributed by atoms with Gasteiger partial charge >= 0.3 is 0 Å². The fourth-order valence-electron chi connectivity index (χ4n) is 4.07. The van der Waals surface area contributed by atoms with E-state index in [4.69, 9.17) is 0 Å². The second-order valence-electron chi connectivity index (χ2n) is 7.20. The standard InChI is InChI=1S/C20H27FN2O2/c21-16-7-5-6-15(14-16)10-11-22-19(24)17-8-1-2-9-18(17)20(25)23-12-3-4-13-23/h5-7,14,17-18H,1-4,8-13H2,(H,22,24)/t17-,18+/m1/s1. The van der Waals surface area contributed by atoms with E-state index in [-0.39, 0.29) is 29.5 Å². The SMILES string of the molecule is O=C(NCCc1cccc(F)c1)[C@@H]1CCCC[C@@H]1C(=O)N1CCCC1. The molecule has 0 unspecified atom stereocenters. The zero-order chi connectivity index (χ0) is 17.6. The molecule has 3 rings (SSSR count). The van der Waals surface area contributed by atoms with E-state index in [2.05, 4.69) is 5.32 Å². The van der Waals surface area contributed by atoms with Crippen LogP contribution in [0.5, 0.6) is 0 Å². The number of hydrogen-bond donors (Lipinski definition) is 1. The van der Waals surface area contributed by atoms with Crippen molar-refractivity contribution in [2.75, 3.05) is 19.6 Å². The number of nitrogens with one attached hydrogen (secondary N) is 1. The third kappa shape index (κ3) is 4.59. The van der Waals surface area contributed by atoms with Gasteiger partial charge in [-0.25, -0.2) is 4.39 Å². The summed E-state index contributed by atoms with van der Waals surface area (Å²) in [6.45, 7) is 2.15. The van der Waals surface area contributed by atoms with Gasteiger partial charge in [0.05, 0.1) is 0 Å². The molecule has 1 heterocycles. The lowest BCUT2D eigenvalue weighted by molar-refractivity contribution is -0.142. The minimum absolute atomic E-state index is 0.0198. The molecule has 1 N–H and O–H groups in total. The van der Waals surface area contributed by atoms with Crippen LogP contribution < -0.4 is 5.32 Å². The van der Waals surface area contributed by atoms with E-state index in [1.165, 1.54) is 12.1 Å². The molecule has 0 bridgehead atoms. The first-order valence-corrected chi connectivity index (χ1v) is 9.46. The van der Waals surface area contributed by atoms with Gasteiger partial charge in [-0.05, 0) is 49.8 Å². The minimum Gasteiger partial charge on any atom is -0.356 e. The van der Waals surface area contributed by atoms with Crippen LogP contribution in [0.4, 0.5) is 4.39 Å². The van der Waals surface area contributed by atoms with Gasteiger partial charge in [0.1, 0.15) is 5.82 Å². The molecule has 5 heteroatoms. The van der Waals surface area contributed by atoms with Crippen molar-refractivity contribution >= 4 is 11.8 Å². The first-order chi connectivity index (χ1) is 12.1. The predicted octanol–water partition coefficient (Wildman–Crippen LogP) is 2.91. The van der Waals surface area contributed by atoms with Crippen molar-refractivity contribution in [3.63, 3.8) is 0 Å². The van der Waals surface area contributed by atoms with Crippen LogP contribution in [0.25, 0.3) is 0 Å². The number of halogens is 1. The summed E-state index contributed by atoms with van der Waals surface area (Å²) in [6.07, 6.45) is 6.38. The van der Waals surface area contributed by atoms with Gasteiger partial charge < -0.3 is 10.2 Å². The molecule has 136 valence electrons. The monoisotopic (exact) mass is 346 g/mol. The molecule has 25 heavy (non-hydrogen) atoms. The maximum absolute atomic E-state index is 13.2. The Hall–Kier alpha value is -1.91. The minimum atomic E-state index is -0.257. The molecule has 1 aromatic carbocycles. The Morgan fingerprint density at radius 2 is 1.80 bits per heavy atom. The number of carbonyl (C=O) groups excluding carboxylic acids is 2. The molecule has 2 fully saturated rings. The quantitative estimate of drug-likeness (QED) is 0.891. The number of carbonyl (C=O) groups is 2. The molecule has 0 radical (unpaired) electrons. The number of rotatable bonds is 5. The van der Waals surface area contributed by atoms with Crippen molar-refractivity contribution < 1.29 is 14.0 Å². The lowest BCUT2D eigenvalue weighted by Crippen LogP contribution is -2.45. The van der Waals surface area contributed by atoms with Crippen LogP contribution in [0, 0.1) is 17.7 Å². The lowest BCUT2D eigenvalue weighted by atomic mass is 9.78. The summed E-state index contributed by atoms with van der Waals surface area (Å²) in [5.41, 5.74) is 0.869. The largest absolute Gasteiger partial charge is 0.356 e. The molecule has 1 saturated carbocycles. The molecular formula is C20H27FN2O2. The maximum atomic E-state index is 13.2. The molecule has 2 amide bonds. The van der Waals surface area contributed by atoms with Crippen molar-refractivity contribution in [1.82, 2.24) is 10.2 Å². The zero-order valence-electron chi connectivity index (χ0n) is 14.7. The summed E-state index contributed by atoms with van der Waals surface area (Å²) in [5, 5.41) is 2.96. The van der Waals surface area contributed by atoms with E-state index in [0.717, 1.165) is 57.2 Å². The van der Waals surface area contributed by atoms with Gasteiger partial charge in [-0.15, -0.1) is 0 Å². The molecule has 2 atom stereocenters. The van der Waals surface area contributed by atoms with E-state index >= 15 is 0 Å². The summed E-state index contributed by atoms with van der Waals surface area (Å²) < 4.78 is 13.2. The highest BCUT2D eigenvalue weighted by Crippen LogP contribution is 2.32. The smallest absolute Gasteiger partial charge is 0.226 e. The fraction of sp³-hybridized carbons (Fsp3) is 0.600. The highest BCUT2D eigenvalue weighted by molar-refractivity contribution is 5.88. The molecule has 4 nitrogen and oxygen atoms in total. The van der Waals surface area contributed by atoms with Crippen molar-refractivity contribution in [3.8, 4) is 0 Å². The number of nitrogens with zero attached hydrogens (tertiary/aromatic N) is 1. The Labute approximate surface area is 148 Å². The van der Waals surface area contributed by atoms with Crippen LogP contribution in [0.2, 0.25) is 0 Å². The van der Waals surface area contributed by atoms with E-state index in [1.54, 1.807) is 6.07 Å². The van der Waals surface area contributed by atoms with Gasteiger partial charge in [0, 0.05) is 31.5 Å². The molecule has 0 aromatic heterocycles. The van der Waals surface area contributed by atoms with Crippen LogP contribution in [0.15, 0.2) is 24.3 Å². The van der Waals surface area contributed by atoms with Crippen LogP contribution >= 0.6 is 0 Å². The lowest BCUT2D eigenvalue weighted by Gasteiger charge is -2.32. The summed E-state index contributed by atoms with van der Waals surface area (Å²) in [6, 6.07) is 6.44. The highest BCUT2D eigenvalue weighted by Gasteiger charge is 2.38. The summed E-state index contributed by atoms with van der Waals surface area (Å²) >= 11 is 0. The average Bonchev–Trinajstić information content (AvgIpc) is 3.16. The highest BCUT2D eigenvalue weighted by atomic mass is 19.1. The predicted molar refractivity (Wildman–Crippen MR) is 94.4 cm³/mol. The van der Waals surface area contributed by atoms with E-state index in [1.807, 2.05) is 11.0 Å². The molecule has 1 aromatic rings. The van der Waals surface area contributed by atoms with Gasteiger partial charge in [-0.2, -0.15) is 0 Å². The van der Waals surface area contributed by atoms with Crippen LogP contribution in [0.3, 0.4) is 0 Å².